The van der Waals surface area contributed by atoms with Crippen molar-refractivity contribution in [2.24, 2.45) is 0 Å². The molecule has 0 bridgehead atoms. The summed E-state index contributed by atoms with van der Waals surface area (Å²) in [5.74, 6) is -0.381. The van der Waals surface area contributed by atoms with Gasteiger partial charge in [-0.3, -0.25) is 0 Å². The average Bonchev–Trinajstić information content (AvgIpc) is 2.72. The Balaban J connectivity index is 2.07. The summed E-state index contributed by atoms with van der Waals surface area (Å²) < 4.78 is 42.8. The van der Waals surface area contributed by atoms with Gasteiger partial charge in [-0.1, -0.05) is 32.4 Å². The zero-order valence-corrected chi connectivity index (χ0v) is 18.4. The Morgan fingerprint density at radius 3 is 2.30 bits per heavy atom. The van der Waals surface area contributed by atoms with Crippen LogP contribution in [0.4, 0.5) is 9.18 Å². The molecule has 164 valence electrons. The summed E-state index contributed by atoms with van der Waals surface area (Å²) >= 11 is 0. The van der Waals surface area contributed by atoms with Gasteiger partial charge in [0.15, 0.2) is 0 Å². The number of benzene rings is 2. The van der Waals surface area contributed by atoms with Crippen LogP contribution in [0.15, 0.2) is 53.4 Å². The fraction of sp³-hybridized carbons (Fsp3) is 0.409. The second-order valence-electron chi connectivity index (χ2n) is 7.11. The lowest BCUT2D eigenvalue weighted by molar-refractivity contribution is 0.173. The molecule has 0 aliphatic carbocycles. The lowest BCUT2D eigenvalue weighted by Crippen LogP contribution is -2.44. The van der Waals surface area contributed by atoms with E-state index in [9.17, 15) is 17.6 Å². The van der Waals surface area contributed by atoms with Crippen LogP contribution in [-0.4, -0.2) is 31.9 Å². The number of hydrogen-bond acceptors (Lipinski definition) is 4. The van der Waals surface area contributed by atoms with Crippen molar-refractivity contribution in [2.75, 3.05) is 6.54 Å². The van der Waals surface area contributed by atoms with Crippen molar-refractivity contribution in [3.8, 4) is 5.75 Å². The molecule has 30 heavy (non-hydrogen) atoms. The Kier molecular flexibility index (Phi) is 8.65. The predicted octanol–water partition coefficient (Wildman–Crippen LogP) is 4.70. The van der Waals surface area contributed by atoms with Gasteiger partial charge < -0.3 is 14.4 Å². The first-order valence-electron chi connectivity index (χ1n) is 10.1. The molecular weight excluding hydrogens is 407 g/mol. The molecule has 0 unspecified atom stereocenters. The minimum Gasteiger partial charge on any atom is -0.379 e. The van der Waals surface area contributed by atoms with E-state index in [1.165, 1.54) is 0 Å². The van der Waals surface area contributed by atoms with Crippen molar-refractivity contribution in [1.82, 2.24) is 10.2 Å². The van der Waals surface area contributed by atoms with Crippen LogP contribution in [0, 0.1) is 5.82 Å². The van der Waals surface area contributed by atoms with Crippen LogP contribution in [0.3, 0.4) is 0 Å². The van der Waals surface area contributed by atoms with Crippen LogP contribution < -0.4 is 9.50 Å². The van der Waals surface area contributed by atoms with Gasteiger partial charge in [-0.25, -0.2) is 9.18 Å². The van der Waals surface area contributed by atoms with Gasteiger partial charge in [0, 0.05) is 19.1 Å². The van der Waals surface area contributed by atoms with Gasteiger partial charge >= 0.3 is 16.1 Å². The smallest absolute Gasteiger partial charge is 0.339 e. The molecule has 0 saturated heterocycles. The van der Waals surface area contributed by atoms with Crippen LogP contribution in [0.2, 0.25) is 0 Å². The van der Waals surface area contributed by atoms with E-state index >= 15 is 0 Å². The molecule has 0 fully saturated rings. The molecule has 6 nitrogen and oxygen atoms in total. The topological polar surface area (TPSA) is 75.7 Å². The number of amides is 2. The molecule has 8 heteroatoms. The van der Waals surface area contributed by atoms with E-state index in [1.54, 1.807) is 29.2 Å². The van der Waals surface area contributed by atoms with Crippen LogP contribution >= 0.6 is 0 Å². The molecule has 0 radical (unpaired) electrons. The highest BCUT2D eigenvalue weighted by molar-refractivity contribution is 7.87. The lowest BCUT2D eigenvalue weighted by atomic mass is 10.1. The van der Waals surface area contributed by atoms with Crippen LogP contribution in [0.1, 0.15) is 45.6 Å². The Labute approximate surface area is 178 Å². The zero-order chi connectivity index (χ0) is 22.1. The highest BCUT2D eigenvalue weighted by Crippen LogP contribution is 2.21. The maximum atomic E-state index is 13.0. The number of nitrogens with zero attached hydrogens (tertiary/aromatic N) is 1. The molecule has 2 amide bonds. The monoisotopic (exact) mass is 436 g/mol. The lowest BCUT2D eigenvalue weighted by Gasteiger charge is -2.29. The van der Waals surface area contributed by atoms with Gasteiger partial charge in [0.05, 0.1) is 0 Å². The summed E-state index contributed by atoms with van der Waals surface area (Å²) in [4.78, 5) is 14.2. The van der Waals surface area contributed by atoms with Gasteiger partial charge in [-0.05, 0) is 61.7 Å². The number of carbonyl (C=O) groups excluding carboxylic acids is 1. The van der Waals surface area contributed by atoms with Crippen molar-refractivity contribution < 1.29 is 21.8 Å². The molecular formula is C22H29FN2O4S. The third-order valence-electron chi connectivity index (χ3n) is 4.77. The first kappa shape index (κ1) is 23.7. The zero-order valence-electron chi connectivity index (χ0n) is 17.6. The fourth-order valence-corrected chi connectivity index (χ4v) is 3.68. The maximum Gasteiger partial charge on any atom is 0.339 e. The van der Waals surface area contributed by atoms with E-state index in [-0.39, 0.29) is 22.7 Å². The number of unbranched alkanes of at least 4 members (excludes halogenated alkanes) is 1. The van der Waals surface area contributed by atoms with Gasteiger partial charge in [0.2, 0.25) is 0 Å². The summed E-state index contributed by atoms with van der Waals surface area (Å²) in [6, 6.07) is 10.9. The minimum absolute atomic E-state index is 0.0569. The first-order valence-corrected chi connectivity index (χ1v) is 11.5. The maximum absolute atomic E-state index is 13.0. The molecule has 0 saturated carbocycles. The van der Waals surface area contributed by atoms with Crippen LogP contribution in [0.5, 0.6) is 5.75 Å². The Morgan fingerprint density at radius 2 is 1.73 bits per heavy atom. The van der Waals surface area contributed by atoms with E-state index in [0.717, 1.165) is 49.1 Å². The highest BCUT2D eigenvalue weighted by atomic mass is 32.2. The molecule has 0 heterocycles. The largest absolute Gasteiger partial charge is 0.379 e. The van der Waals surface area contributed by atoms with E-state index in [4.69, 9.17) is 4.18 Å². The van der Waals surface area contributed by atoms with Gasteiger partial charge in [-0.2, -0.15) is 8.42 Å². The number of carbonyl (C=O) groups is 1. The van der Waals surface area contributed by atoms with E-state index in [2.05, 4.69) is 12.2 Å². The SMILES string of the molecule is CCCCNC(=O)N(Cc1ccc(OS(=O)(=O)c2ccc(F)cc2)cc1)[C@@H](C)CC. The molecule has 2 aromatic carbocycles. The van der Waals surface area contributed by atoms with Crippen molar-refractivity contribution in [3.63, 3.8) is 0 Å². The number of hydrogen-bond donors (Lipinski definition) is 1. The van der Waals surface area contributed by atoms with Crippen molar-refractivity contribution in [3.05, 3.63) is 59.9 Å². The molecule has 2 aromatic rings. The third kappa shape index (κ3) is 6.73. The second-order valence-corrected chi connectivity index (χ2v) is 8.65. The second kappa shape index (κ2) is 11.0. The molecule has 0 aliphatic rings. The molecule has 0 aromatic heterocycles. The summed E-state index contributed by atoms with van der Waals surface area (Å²) in [5, 5.41) is 2.94. The average molecular weight is 437 g/mol. The summed E-state index contributed by atoms with van der Waals surface area (Å²) in [6.07, 6.45) is 2.75. The van der Waals surface area contributed by atoms with Gasteiger partial charge in [-0.15, -0.1) is 0 Å². The molecule has 1 atom stereocenters. The first-order chi connectivity index (χ1) is 14.3. The molecule has 2 rings (SSSR count). The third-order valence-corrected chi connectivity index (χ3v) is 6.04. The van der Waals surface area contributed by atoms with Crippen molar-refractivity contribution in [2.45, 2.75) is 57.5 Å². The van der Waals surface area contributed by atoms with Gasteiger partial charge in [0.25, 0.3) is 0 Å². The fourth-order valence-electron chi connectivity index (χ4n) is 2.75. The summed E-state index contributed by atoms with van der Waals surface area (Å²) in [5.41, 5.74) is 0.854. The molecule has 0 aliphatic heterocycles. The van der Waals surface area contributed by atoms with Crippen molar-refractivity contribution >= 4 is 16.1 Å². The standard InChI is InChI=1S/C22H29FN2O4S/c1-4-6-15-24-22(26)25(17(3)5-2)16-18-7-11-20(12-8-18)29-30(27,28)21-13-9-19(23)10-14-21/h7-14,17H,4-6,15-16H2,1-3H3,(H,24,26)/t17-/m0/s1. The number of urea groups is 1. The quantitative estimate of drug-likeness (QED) is 0.433. The van der Waals surface area contributed by atoms with E-state index in [0.29, 0.717) is 13.1 Å². The van der Waals surface area contributed by atoms with Gasteiger partial charge in [0.1, 0.15) is 16.5 Å². The van der Waals surface area contributed by atoms with Crippen LogP contribution in [0.25, 0.3) is 0 Å². The number of halogens is 1. The number of nitrogens with one attached hydrogen (secondary N) is 1. The summed E-state index contributed by atoms with van der Waals surface area (Å²) in [6.45, 7) is 7.12. The summed E-state index contributed by atoms with van der Waals surface area (Å²) in [7, 11) is -4.05. The van der Waals surface area contributed by atoms with E-state index in [1.807, 2.05) is 13.8 Å². The highest BCUT2D eigenvalue weighted by Gasteiger charge is 2.20. The molecule has 0 spiro atoms. The Morgan fingerprint density at radius 1 is 1.10 bits per heavy atom. The predicted molar refractivity (Wildman–Crippen MR) is 114 cm³/mol. The molecule has 1 N–H and O–H groups in total. The number of rotatable bonds is 10. The Hall–Kier alpha value is -2.61. The van der Waals surface area contributed by atoms with Crippen molar-refractivity contribution in [1.29, 1.82) is 0 Å². The Bertz CT molecular complexity index is 915. The minimum atomic E-state index is -4.05. The van der Waals surface area contributed by atoms with E-state index < -0.39 is 15.9 Å². The van der Waals surface area contributed by atoms with Crippen LogP contribution in [-0.2, 0) is 16.7 Å². The normalized spacial score (nSPS) is 12.3.